The third kappa shape index (κ3) is 2.67. The van der Waals surface area contributed by atoms with Gasteiger partial charge in [0.15, 0.2) is 10.1 Å². The fourth-order valence-corrected chi connectivity index (χ4v) is 4.15. The van der Waals surface area contributed by atoms with Crippen molar-refractivity contribution < 1.29 is 9.53 Å². The van der Waals surface area contributed by atoms with Crippen molar-refractivity contribution in [2.24, 2.45) is 0 Å². The van der Waals surface area contributed by atoms with Crippen LogP contribution in [-0.4, -0.2) is 27.4 Å². The van der Waals surface area contributed by atoms with Gasteiger partial charge >= 0.3 is 0 Å². The van der Waals surface area contributed by atoms with E-state index in [4.69, 9.17) is 4.74 Å². The Hall–Kier alpha value is -2.78. The van der Waals surface area contributed by atoms with Crippen LogP contribution in [0.15, 0.2) is 34.6 Å². The SMILES string of the molecule is COc1ccc2nc(NC(=O)c3cnc4scc(C)n4c3=O)sc2c1. The number of aromatic nitrogens is 3. The molecule has 9 heteroatoms. The van der Waals surface area contributed by atoms with Crippen LogP contribution in [0.5, 0.6) is 5.75 Å². The third-order valence-electron chi connectivity index (χ3n) is 3.68. The molecule has 0 spiro atoms. The number of rotatable bonds is 3. The number of nitrogens with one attached hydrogen (secondary N) is 1. The summed E-state index contributed by atoms with van der Waals surface area (Å²) >= 11 is 2.67. The van der Waals surface area contributed by atoms with Gasteiger partial charge in [0.1, 0.15) is 11.3 Å². The van der Waals surface area contributed by atoms with Crippen molar-refractivity contribution >= 4 is 48.9 Å². The van der Waals surface area contributed by atoms with Crippen LogP contribution in [0.4, 0.5) is 5.13 Å². The van der Waals surface area contributed by atoms with E-state index >= 15 is 0 Å². The first kappa shape index (κ1) is 15.7. The van der Waals surface area contributed by atoms with Crippen molar-refractivity contribution in [1.82, 2.24) is 14.4 Å². The van der Waals surface area contributed by atoms with Crippen LogP contribution in [0, 0.1) is 6.92 Å². The summed E-state index contributed by atoms with van der Waals surface area (Å²) in [6, 6.07) is 5.47. The van der Waals surface area contributed by atoms with Crippen LogP contribution >= 0.6 is 22.7 Å². The van der Waals surface area contributed by atoms with Crippen molar-refractivity contribution in [3.63, 3.8) is 0 Å². The highest BCUT2D eigenvalue weighted by Crippen LogP contribution is 2.29. The first-order valence-corrected chi connectivity index (χ1v) is 8.98. The first-order chi connectivity index (χ1) is 12.1. The average Bonchev–Trinajstić information content (AvgIpc) is 3.17. The lowest BCUT2D eigenvalue weighted by Crippen LogP contribution is -2.26. The summed E-state index contributed by atoms with van der Waals surface area (Å²) in [5.74, 6) is 0.193. The number of benzene rings is 1. The average molecular weight is 372 g/mol. The smallest absolute Gasteiger partial charge is 0.271 e. The molecule has 1 aromatic carbocycles. The maximum absolute atomic E-state index is 12.5. The number of carbonyl (C=O) groups excluding carboxylic acids is 1. The number of ether oxygens (including phenoxy) is 1. The number of thiazole rings is 2. The molecule has 0 aliphatic carbocycles. The van der Waals surface area contributed by atoms with Gasteiger partial charge in [-0.2, -0.15) is 0 Å². The Bertz CT molecular complexity index is 1180. The highest BCUT2D eigenvalue weighted by Gasteiger charge is 2.17. The van der Waals surface area contributed by atoms with Crippen LogP contribution in [0.2, 0.25) is 0 Å². The summed E-state index contributed by atoms with van der Waals surface area (Å²) in [7, 11) is 1.59. The van der Waals surface area contributed by atoms with Crippen LogP contribution in [0.25, 0.3) is 15.2 Å². The van der Waals surface area contributed by atoms with E-state index in [0.717, 1.165) is 21.7 Å². The molecule has 1 N–H and O–H groups in total. The zero-order chi connectivity index (χ0) is 17.6. The molecule has 0 radical (unpaired) electrons. The summed E-state index contributed by atoms with van der Waals surface area (Å²) in [6.07, 6.45) is 1.30. The standard InChI is InChI=1S/C16H12N4O3S2/c1-8-7-24-16-17-6-10(14(22)20(8)16)13(21)19-15-18-11-4-3-9(23-2)5-12(11)25-15/h3-7H,1-2H3,(H,18,19,21). The van der Waals surface area contributed by atoms with Gasteiger partial charge in [0.2, 0.25) is 0 Å². The molecule has 4 rings (SSSR count). The molecule has 0 fully saturated rings. The number of hydrogen-bond donors (Lipinski definition) is 1. The normalized spacial score (nSPS) is 11.1. The summed E-state index contributed by atoms with van der Waals surface area (Å²) in [5, 5.41) is 4.92. The lowest BCUT2D eigenvalue weighted by molar-refractivity contribution is 0.102. The topological polar surface area (TPSA) is 85.6 Å². The molecule has 0 unspecified atom stereocenters. The van der Waals surface area contributed by atoms with E-state index in [2.05, 4.69) is 15.3 Å². The number of amides is 1. The van der Waals surface area contributed by atoms with Crippen LogP contribution in [0.3, 0.4) is 0 Å². The van der Waals surface area contributed by atoms with E-state index in [1.54, 1.807) is 20.1 Å². The number of hydrogen-bond acceptors (Lipinski definition) is 7. The quantitative estimate of drug-likeness (QED) is 0.598. The predicted octanol–water partition coefficient (Wildman–Crippen LogP) is 2.94. The van der Waals surface area contributed by atoms with Crippen molar-refractivity contribution in [2.75, 3.05) is 12.4 Å². The number of fused-ring (bicyclic) bond motifs is 2. The van der Waals surface area contributed by atoms with Crippen molar-refractivity contribution in [3.8, 4) is 5.75 Å². The van der Waals surface area contributed by atoms with Gasteiger partial charge in [-0.1, -0.05) is 11.3 Å². The minimum atomic E-state index is -0.525. The molecule has 0 aliphatic rings. The molecule has 0 bridgehead atoms. The van der Waals surface area contributed by atoms with Gasteiger partial charge in [-0.05, 0) is 25.1 Å². The van der Waals surface area contributed by atoms with Gasteiger partial charge in [0.05, 0.1) is 17.3 Å². The van der Waals surface area contributed by atoms with Crippen molar-refractivity contribution in [1.29, 1.82) is 0 Å². The maximum Gasteiger partial charge on any atom is 0.271 e. The molecule has 7 nitrogen and oxygen atoms in total. The van der Waals surface area contributed by atoms with Crippen LogP contribution in [0.1, 0.15) is 16.1 Å². The fourth-order valence-electron chi connectivity index (χ4n) is 2.43. The lowest BCUT2D eigenvalue weighted by atomic mass is 10.3. The Morgan fingerprint density at radius 1 is 1.36 bits per heavy atom. The van der Waals surface area contributed by atoms with E-state index in [-0.39, 0.29) is 11.1 Å². The Morgan fingerprint density at radius 3 is 3.00 bits per heavy atom. The van der Waals surface area contributed by atoms with Crippen molar-refractivity contribution in [3.05, 3.63) is 51.4 Å². The van der Waals surface area contributed by atoms with Gasteiger partial charge in [-0.25, -0.2) is 9.97 Å². The Balaban J connectivity index is 1.69. The lowest BCUT2D eigenvalue weighted by Gasteiger charge is -2.02. The van der Waals surface area contributed by atoms with Crippen LogP contribution < -0.4 is 15.6 Å². The Morgan fingerprint density at radius 2 is 2.20 bits per heavy atom. The number of nitrogens with zero attached hydrogens (tertiary/aromatic N) is 3. The molecule has 126 valence electrons. The maximum atomic E-state index is 12.5. The summed E-state index contributed by atoms with van der Waals surface area (Å²) in [6.45, 7) is 1.80. The van der Waals surface area contributed by atoms with Gasteiger partial charge in [0, 0.05) is 17.3 Å². The second kappa shape index (κ2) is 5.94. The first-order valence-electron chi connectivity index (χ1n) is 7.28. The van der Waals surface area contributed by atoms with E-state index in [0.29, 0.717) is 10.1 Å². The molecule has 0 saturated heterocycles. The number of anilines is 1. The van der Waals surface area contributed by atoms with Crippen molar-refractivity contribution in [2.45, 2.75) is 6.92 Å². The highest BCUT2D eigenvalue weighted by molar-refractivity contribution is 7.22. The van der Waals surface area contributed by atoms with Crippen LogP contribution in [-0.2, 0) is 0 Å². The van der Waals surface area contributed by atoms with Gasteiger partial charge < -0.3 is 4.74 Å². The number of aryl methyl sites for hydroxylation is 1. The van der Waals surface area contributed by atoms with E-state index in [9.17, 15) is 9.59 Å². The molecule has 1 amide bonds. The predicted molar refractivity (Wildman–Crippen MR) is 98.2 cm³/mol. The molecule has 0 atom stereocenters. The zero-order valence-corrected chi connectivity index (χ0v) is 14.9. The van der Waals surface area contributed by atoms with E-state index in [1.165, 1.54) is 33.3 Å². The zero-order valence-electron chi connectivity index (χ0n) is 13.3. The molecule has 3 aromatic heterocycles. The molecular formula is C16H12N4O3S2. The highest BCUT2D eigenvalue weighted by atomic mass is 32.1. The molecule has 0 saturated carbocycles. The second-order valence-corrected chi connectivity index (χ2v) is 7.15. The minimum Gasteiger partial charge on any atom is -0.497 e. The van der Waals surface area contributed by atoms with Gasteiger partial charge in [-0.15, -0.1) is 11.3 Å². The number of methoxy groups -OCH3 is 1. The van der Waals surface area contributed by atoms with Gasteiger partial charge in [0.25, 0.3) is 11.5 Å². The summed E-state index contributed by atoms with van der Waals surface area (Å²) < 4.78 is 7.50. The molecular weight excluding hydrogens is 360 g/mol. The Labute approximate surface area is 149 Å². The third-order valence-corrected chi connectivity index (χ3v) is 5.57. The molecule has 3 heterocycles. The Kier molecular flexibility index (Phi) is 3.74. The van der Waals surface area contributed by atoms with E-state index in [1.807, 2.05) is 17.5 Å². The second-order valence-electron chi connectivity index (χ2n) is 5.28. The summed E-state index contributed by atoms with van der Waals surface area (Å²) in [5.41, 5.74) is 1.10. The van der Waals surface area contributed by atoms with E-state index < -0.39 is 5.91 Å². The monoisotopic (exact) mass is 372 g/mol. The minimum absolute atomic E-state index is 0.0177. The molecule has 25 heavy (non-hydrogen) atoms. The fraction of sp³-hybridized carbons (Fsp3) is 0.125. The molecule has 0 aliphatic heterocycles. The van der Waals surface area contributed by atoms with Gasteiger partial charge in [-0.3, -0.25) is 19.3 Å². The number of carbonyl (C=O) groups is 1. The molecule has 4 aromatic rings. The summed E-state index contributed by atoms with van der Waals surface area (Å²) in [4.78, 5) is 34.1. The largest absolute Gasteiger partial charge is 0.497 e.